The molecule has 0 amide bonds. The van der Waals surface area contributed by atoms with Gasteiger partial charge in [-0.3, -0.25) is 4.99 Å². The molecule has 4 heteroatoms. The maximum atomic E-state index is 5.92. The molecule has 0 radical (unpaired) electrons. The lowest BCUT2D eigenvalue weighted by Gasteiger charge is -2.15. The van der Waals surface area contributed by atoms with Crippen molar-refractivity contribution in [3.63, 3.8) is 0 Å². The first kappa shape index (κ1) is 12.7. The quantitative estimate of drug-likeness (QED) is 0.547. The van der Waals surface area contributed by atoms with Gasteiger partial charge in [0.1, 0.15) is 0 Å². The zero-order valence-electron chi connectivity index (χ0n) is 10.9. The maximum absolute atomic E-state index is 5.92. The largest absolute Gasteiger partial charge is 0.385 e. The van der Waals surface area contributed by atoms with Crippen LogP contribution in [0.5, 0.6) is 0 Å². The van der Waals surface area contributed by atoms with Gasteiger partial charge in [-0.1, -0.05) is 12.8 Å². The fourth-order valence-electron chi connectivity index (χ4n) is 2.56. The van der Waals surface area contributed by atoms with Crippen molar-refractivity contribution < 1.29 is 4.74 Å². The van der Waals surface area contributed by atoms with Crippen LogP contribution >= 0.6 is 0 Å². The summed E-state index contributed by atoms with van der Waals surface area (Å²) in [6.45, 7) is 1.70. The van der Waals surface area contributed by atoms with Crippen LogP contribution in [-0.4, -0.2) is 32.3 Å². The average molecular weight is 239 g/mol. The van der Waals surface area contributed by atoms with E-state index in [0.717, 1.165) is 19.6 Å². The first-order valence-corrected chi connectivity index (χ1v) is 6.79. The Labute approximate surface area is 104 Å². The number of ether oxygens (including phenoxy) is 1. The number of aliphatic imine (C=N–C) groups is 1. The van der Waals surface area contributed by atoms with Gasteiger partial charge in [0.25, 0.3) is 0 Å². The summed E-state index contributed by atoms with van der Waals surface area (Å²) in [5.41, 5.74) is 6.33. The van der Waals surface area contributed by atoms with Crippen LogP contribution in [0, 0.1) is 5.41 Å². The van der Waals surface area contributed by atoms with Gasteiger partial charge < -0.3 is 15.8 Å². The van der Waals surface area contributed by atoms with E-state index < -0.39 is 0 Å². The van der Waals surface area contributed by atoms with E-state index in [9.17, 15) is 0 Å². The molecule has 0 spiro atoms. The summed E-state index contributed by atoms with van der Waals surface area (Å²) in [6.07, 6.45) is 8.79. The van der Waals surface area contributed by atoms with Gasteiger partial charge in [-0.05, 0) is 37.5 Å². The molecule has 17 heavy (non-hydrogen) atoms. The molecular weight excluding hydrogens is 214 g/mol. The summed E-state index contributed by atoms with van der Waals surface area (Å²) in [6, 6.07) is 0.563. The van der Waals surface area contributed by atoms with E-state index in [4.69, 9.17) is 10.5 Å². The lowest BCUT2D eigenvalue weighted by molar-refractivity contribution is 0.174. The van der Waals surface area contributed by atoms with Crippen LogP contribution in [0.1, 0.15) is 44.9 Å². The lowest BCUT2D eigenvalue weighted by atomic mass is 10.0. The first-order valence-electron chi connectivity index (χ1n) is 6.79. The predicted octanol–water partition coefficient (Wildman–Crippen LogP) is 1.65. The highest BCUT2D eigenvalue weighted by molar-refractivity contribution is 5.78. The molecule has 2 saturated carbocycles. The van der Waals surface area contributed by atoms with Crippen LogP contribution in [0.4, 0.5) is 0 Å². The number of nitrogens with zero attached hydrogens (tertiary/aromatic N) is 1. The Kier molecular flexibility index (Phi) is 4.26. The third kappa shape index (κ3) is 3.87. The standard InChI is InChI=1S/C13H25N3O/c1-17-9-8-13(6-7-13)10-15-12(14)16-11-4-2-3-5-11/h11H,2-10H2,1H3,(H3,14,15,16). The van der Waals surface area contributed by atoms with E-state index in [0.29, 0.717) is 17.4 Å². The van der Waals surface area contributed by atoms with Crippen molar-refractivity contribution in [2.75, 3.05) is 20.3 Å². The van der Waals surface area contributed by atoms with Crippen LogP contribution in [-0.2, 0) is 4.74 Å². The van der Waals surface area contributed by atoms with Crippen molar-refractivity contribution in [1.82, 2.24) is 5.32 Å². The molecule has 0 aromatic heterocycles. The van der Waals surface area contributed by atoms with Crippen LogP contribution in [0.15, 0.2) is 4.99 Å². The smallest absolute Gasteiger partial charge is 0.188 e. The number of hydrogen-bond acceptors (Lipinski definition) is 2. The monoisotopic (exact) mass is 239 g/mol. The summed E-state index contributed by atoms with van der Waals surface area (Å²) in [4.78, 5) is 4.50. The van der Waals surface area contributed by atoms with Crippen molar-refractivity contribution in [1.29, 1.82) is 0 Å². The van der Waals surface area contributed by atoms with Crippen molar-refractivity contribution in [3.8, 4) is 0 Å². The molecule has 0 atom stereocenters. The molecule has 2 fully saturated rings. The molecule has 2 rings (SSSR count). The van der Waals surface area contributed by atoms with Crippen molar-refractivity contribution in [3.05, 3.63) is 0 Å². The van der Waals surface area contributed by atoms with Gasteiger partial charge in [0, 0.05) is 26.3 Å². The summed E-state index contributed by atoms with van der Waals surface area (Å²) < 4.78 is 5.14. The van der Waals surface area contributed by atoms with E-state index in [2.05, 4.69) is 10.3 Å². The number of guanidine groups is 1. The molecule has 3 N–H and O–H groups in total. The summed E-state index contributed by atoms with van der Waals surface area (Å²) in [5.74, 6) is 0.639. The third-order valence-corrected chi connectivity index (χ3v) is 4.09. The molecule has 2 aliphatic carbocycles. The van der Waals surface area contributed by atoms with E-state index in [-0.39, 0.29) is 0 Å². The Morgan fingerprint density at radius 1 is 1.41 bits per heavy atom. The summed E-state index contributed by atoms with van der Waals surface area (Å²) in [7, 11) is 1.76. The number of rotatable bonds is 6. The normalized spacial score (nSPS) is 23.9. The number of nitrogens with two attached hydrogens (primary N) is 1. The zero-order valence-corrected chi connectivity index (χ0v) is 10.9. The van der Waals surface area contributed by atoms with Crippen LogP contribution in [0.3, 0.4) is 0 Å². The summed E-state index contributed by atoms with van der Waals surface area (Å²) >= 11 is 0. The molecule has 4 nitrogen and oxygen atoms in total. The fraction of sp³-hybridized carbons (Fsp3) is 0.923. The number of methoxy groups -OCH3 is 1. The highest BCUT2D eigenvalue weighted by Gasteiger charge is 2.41. The Morgan fingerprint density at radius 3 is 2.71 bits per heavy atom. The van der Waals surface area contributed by atoms with Crippen LogP contribution < -0.4 is 11.1 Å². The minimum absolute atomic E-state index is 0.401. The molecule has 0 bridgehead atoms. The Morgan fingerprint density at radius 2 is 2.12 bits per heavy atom. The second-order valence-corrected chi connectivity index (χ2v) is 5.57. The van der Waals surface area contributed by atoms with Gasteiger partial charge in [-0.15, -0.1) is 0 Å². The topological polar surface area (TPSA) is 59.6 Å². The van der Waals surface area contributed by atoms with Crippen LogP contribution in [0.2, 0.25) is 0 Å². The van der Waals surface area contributed by atoms with Crippen molar-refractivity contribution in [2.24, 2.45) is 16.1 Å². The number of hydrogen-bond donors (Lipinski definition) is 2. The van der Waals surface area contributed by atoms with Crippen molar-refractivity contribution in [2.45, 2.75) is 51.0 Å². The second-order valence-electron chi connectivity index (χ2n) is 5.57. The SMILES string of the molecule is COCCC1(CN=C(N)NC2CCCC2)CC1. The van der Waals surface area contributed by atoms with Gasteiger partial charge in [-0.25, -0.2) is 0 Å². The van der Waals surface area contributed by atoms with Gasteiger partial charge in [0.15, 0.2) is 5.96 Å². The predicted molar refractivity (Wildman–Crippen MR) is 70.0 cm³/mol. The molecule has 0 unspecified atom stereocenters. The van der Waals surface area contributed by atoms with E-state index in [1.807, 2.05) is 0 Å². The molecule has 0 aromatic carbocycles. The Balaban J connectivity index is 1.71. The van der Waals surface area contributed by atoms with E-state index in [1.165, 1.54) is 38.5 Å². The highest BCUT2D eigenvalue weighted by Crippen LogP contribution is 2.48. The molecule has 2 aliphatic rings. The molecular formula is C13H25N3O. The lowest BCUT2D eigenvalue weighted by Crippen LogP contribution is -2.39. The van der Waals surface area contributed by atoms with Gasteiger partial charge in [-0.2, -0.15) is 0 Å². The molecule has 0 heterocycles. The van der Waals surface area contributed by atoms with Gasteiger partial charge >= 0.3 is 0 Å². The molecule has 0 aliphatic heterocycles. The first-order chi connectivity index (χ1) is 8.24. The Hall–Kier alpha value is -0.770. The highest BCUT2D eigenvalue weighted by atomic mass is 16.5. The Bertz CT molecular complexity index is 268. The average Bonchev–Trinajstić information content (AvgIpc) is 2.92. The van der Waals surface area contributed by atoms with E-state index in [1.54, 1.807) is 7.11 Å². The molecule has 0 aromatic rings. The fourth-order valence-corrected chi connectivity index (χ4v) is 2.56. The summed E-state index contributed by atoms with van der Waals surface area (Å²) in [5, 5.41) is 3.33. The third-order valence-electron chi connectivity index (χ3n) is 4.09. The van der Waals surface area contributed by atoms with E-state index >= 15 is 0 Å². The second kappa shape index (κ2) is 5.71. The number of nitrogens with one attached hydrogen (secondary N) is 1. The van der Waals surface area contributed by atoms with Gasteiger partial charge in [0.2, 0.25) is 0 Å². The molecule has 0 saturated heterocycles. The van der Waals surface area contributed by atoms with Gasteiger partial charge in [0.05, 0.1) is 0 Å². The van der Waals surface area contributed by atoms with Crippen LogP contribution in [0.25, 0.3) is 0 Å². The van der Waals surface area contributed by atoms with Crippen molar-refractivity contribution >= 4 is 5.96 Å². The zero-order chi connectivity index (χ0) is 12.1. The minimum Gasteiger partial charge on any atom is -0.385 e. The molecule has 98 valence electrons. The minimum atomic E-state index is 0.401. The maximum Gasteiger partial charge on any atom is 0.188 e.